The second-order valence-electron chi connectivity index (χ2n) is 4.39. The average molecular weight is 317 g/mol. The van der Waals surface area contributed by atoms with Crippen molar-refractivity contribution in [2.75, 3.05) is 4.90 Å². The number of aromatic nitrogens is 4. The number of amides is 1. The summed E-state index contributed by atoms with van der Waals surface area (Å²) in [4.78, 5) is 13.8. The fourth-order valence-corrected chi connectivity index (χ4v) is 3.42. The predicted octanol–water partition coefficient (Wildman–Crippen LogP) is 2.97. The molecule has 2 heterocycles. The molecule has 0 saturated heterocycles. The van der Waals surface area contributed by atoms with E-state index < -0.39 is 0 Å². The van der Waals surface area contributed by atoms with Crippen LogP contribution in [-0.4, -0.2) is 26.2 Å². The van der Waals surface area contributed by atoms with Crippen molar-refractivity contribution in [1.29, 1.82) is 0 Å². The van der Waals surface area contributed by atoms with Crippen LogP contribution in [0.1, 0.15) is 11.3 Å². The summed E-state index contributed by atoms with van der Waals surface area (Å²) in [5.74, 6) is 0. The average Bonchev–Trinajstić information content (AvgIpc) is 3.09. The Labute approximate surface area is 129 Å². The number of carbonyl (C=O) groups is 1. The molecule has 106 valence electrons. The van der Waals surface area contributed by atoms with Crippen LogP contribution in [0.15, 0.2) is 24.3 Å². The van der Waals surface area contributed by atoms with E-state index in [-0.39, 0.29) is 0 Å². The first-order valence-corrected chi connectivity index (χ1v) is 7.72. The lowest BCUT2D eigenvalue weighted by Gasteiger charge is -2.13. The zero-order valence-corrected chi connectivity index (χ0v) is 13.0. The van der Waals surface area contributed by atoms with Crippen molar-refractivity contribution in [3.63, 3.8) is 0 Å². The molecule has 0 aliphatic rings. The van der Waals surface area contributed by atoms with E-state index in [4.69, 9.17) is 0 Å². The van der Waals surface area contributed by atoms with Gasteiger partial charge in [-0.05, 0) is 43.1 Å². The minimum Gasteiger partial charge on any atom is -0.278 e. The number of aryl methyl sites for hydroxylation is 2. The third-order valence-electron chi connectivity index (χ3n) is 2.85. The molecule has 3 rings (SSSR count). The number of hydrogen-bond acceptors (Lipinski definition) is 7. The number of benzene rings is 1. The molecular weight excluding hydrogens is 306 g/mol. The van der Waals surface area contributed by atoms with Crippen LogP contribution in [0.4, 0.5) is 10.8 Å². The Kier molecular flexibility index (Phi) is 3.72. The summed E-state index contributed by atoms with van der Waals surface area (Å²) in [6.07, 6.45) is 0.747. The predicted molar refractivity (Wildman–Crippen MR) is 82.9 cm³/mol. The molecule has 0 unspecified atom stereocenters. The van der Waals surface area contributed by atoms with E-state index in [2.05, 4.69) is 19.8 Å². The van der Waals surface area contributed by atoms with Crippen molar-refractivity contribution in [2.45, 2.75) is 13.8 Å². The van der Waals surface area contributed by atoms with Crippen LogP contribution in [-0.2, 0) is 4.79 Å². The van der Waals surface area contributed by atoms with Crippen LogP contribution < -0.4 is 4.90 Å². The van der Waals surface area contributed by atoms with Gasteiger partial charge in [0.2, 0.25) is 11.5 Å². The zero-order valence-electron chi connectivity index (χ0n) is 11.3. The number of hydrogen-bond donors (Lipinski definition) is 0. The van der Waals surface area contributed by atoms with Crippen molar-refractivity contribution >= 4 is 40.1 Å². The summed E-state index contributed by atoms with van der Waals surface area (Å²) in [5, 5.41) is 13.4. The van der Waals surface area contributed by atoms with Gasteiger partial charge in [0, 0.05) is 0 Å². The lowest BCUT2D eigenvalue weighted by Crippen LogP contribution is -2.13. The summed E-state index contributed by atoms with van der Waals surface area (Å²) in [6, 6.07) is 7.67. The van der Waals surface area contributed by atoms with Gasteiger partial charge in [-0.3, -0.25) is 9.69 Å². The molecule has 0 atom stereocenters. The third-order valence-corrected chi connectivity index (χ3v) is 4.76. The first kappa shape index (κ1) is 13.8. The standard InChI is InChI=1S/C13H11N5OS2/c1-8-4-3-5-10(6-8)18(7-19)13-16-15-12(20-13)11-9(2)14-17-21-11/h3-7H,1-2H3. The molecule has 8 heteroatoms. The molecule has 0 bridgehead atoms. The quantitative estimate of drug-likeness (QED) is 0.692. The molecule has 0 aliphatic carbocycles. The number of carbonyl (C=O) groups excluding carboxylic acids is 1. The highest BCUT2D eigenvalue weighted by molar-refractivity contribution is 7.22. The van der Waals surface area contributed by atoms with Crippen molar-refractivity contribution in [3.8, 4) is 9.88 Å². The summed E-state index contributed by atoms with van der Waals surface area (Å²) in [7, 11) is 0. The molecule has 2 aromatic heterocycles. The summed E-state index contributed by atoms with van der Waals surface area (Å²) < 4.78 is 3.89. The Morgan fingerprint density at radius 3 is 2.71 bits per heavy atom. The van der Waals surface area contributed by atoms with Gasteiger partial charge in [-0.2, -0.15) is 0 Å². The minimum absolute atomic E-state index is 0.526. The van der Waals surface area contributed by atoms with Gasteiger partial charge in [-0.25, -0.2) is 0 Å². The van der Waals surface area contributed by atoms with E-state index in [9.17, 15) is 4.79 Å². The molecule has 6 nitrogen and oxygen atoms in total. The topological polar surface area (TPSA) is 71.9 Å². The van der Waals surface area contributed by atoms with Crippen LogP contribution >= 0.6 is 22.9 Å². The highest BCUT2D eigenvalue weighted by atomic mass is 32.1. The number of rotatable bonds is 4. The molecule has 3 aromatic rings. The Bertz CT molecular complexity index is 782. The van der Waals surface area contributed by atoms with E-state index in [0.717, 1.165) is 33.2 Å². The number of anilines is 2. The van der Waals surface area contributed by atoms with E-state index in [1.165, 1.54) is 27.8 Å². The van der Waals surface area contributed by atoms with E-state index >= 15 is 0 Å². The molecule has 0 fully saturated rings. The molecule has 1 aromatic carbocycles. The number of nitrogens with zero attached hydrogens (tertiary/aromatic N) is 5. The van der Waals surface area contributed by atoms with E-state index in [1.807, 2.05) is 38.1 Å². The maximum absolute atomic E-state index is 11.4. The Balaban J connectivity index is 1.98. The summed E-state index contributed by atoms with van der Waals surface area (Å²) >= 11 is 2.61. The van der Waals surface area contributed by atoms with Crippen LogP contribution in [0, 0.1) is 13.8 Å². The highest BCUT2D eigenvalue weighted by Crippen LogP contribution is 2.34. The normalized spacial score (nSPS) is 10.6. The molecule has 1 amide bonds. The van der Waals surface area contributed by atoms with Gasteiger partial charge < -0.3 is 0 Å². The Morgan fingerprint density at radius 1 is 1.19 bits per heavy atom. The first-order chi connectivity index (χ1) is 10.2. The second kappa shape index (κ2) is 5.66. The van der Waals surface area contributed by atoms with Crippen LogP contribution in [0.25, 0.3) is 9.88 Å². The highest BCUT2D eigenvalue weighted by Gasteiger charge is 2.17. The third kappa shape index (κ3) is 2.67. The summed E-state index contributed by atoms with van der Waals surface area (Å²) in [5.41, 5.74) is 2.66. The first-order valence-electron chi connectivity index (χ1n) is 6.13. The molecule has 0 aliphatic heterocycles. The molecule has 21 heavy (non-hydrogen) atoms. The van der Waals surface area contributed by atoms with Crippen molar-refractivity contribution < 1.29 is 4.79 Å². The minimum atomic E-state index is 0.526. The van der Waals surface area contributed by atoms with Gasteiger partial charge in [0.15, 0.2) is 5.01 Å². The zero-order chi connectivity index (χ0) is 14.8. The van der Waals surface area contributed by atoms with Crippen LogP contribution in [0.3, 0.4) is 0 Å². The Morgan fingerprint density at radius 2 is 2.05 bits per heavy atom. The molecule has 0 radical (unpaired) electrons. The fourth-order valence-electron chi connectivity index (χ4n) is 1.83. The van der Waals surface area contributed by atoms with Crippen molar-refractivity contribution in [2.24, 2.45) is 0 Å². The lowest BCUT2D eigenvalue weighted by molar-refractivity contribution is -0.106. The molecular formula is C13H11N5OS2. The summed E-state index contributed by atoms with van der Waals surface area (Å²) in [6.45, 7) is 3.85. The fraction of sp³-hybridized carbons (Fsp3) is 0.154. The van der Waals surface area contributed by atoms with Gasteiger partial charge in [-0.1, -0.05) is 28.0 Å². The van der Waals surface area contributed by atoms with E-state index in [0.29, 0.717) is 5.13 Å². The molecule has 0 spiro atoms. The largest absolute Gasteiger partial charge is 0.278 e. The maximum atomic E-state index is 11.4. The van der Waals surface area contributed by atoms with Gasteiger partial charge in [0.1, 0.15) is 4.88 Å². The van der Waals surface area contributed by atoms with Gasteiger partial charge >= 0.3 is 0 Å². The van der Waals surface area contributed by atoms with E-state index in [1.54, 1.807) is 0 Å². The van der Waals surface area contributed by atoms with Crippen molar-refractivity contribution in [1.82, 2.24) is 19.8 Å². The Hall–Kier alpha value is -2.19. The molecule has 0 N–H and O–H groups in total. The van der Waals surface area contributed by atoms with Crippen molar-refractivity contribution in [3.05, 3.63) is 35.5 Å². The lowest BCUT2D eigenvalue weighted by atomic mass is 10.2. The smallest absolute Gasteiger partial charge is 0.220 e. The van der Waals surface area contributed by atoms with Crippen LogP contribution in [0.2, 0.25) is 0 Å². The maximum Gasteiger partial charge on any atom is 0.220 e. The van der Waals surface area contributed by atoms with Gasteiger partial charge in [-0.15, -0.1) is 15.3 Å². The van der Waals surface area contributed by atoms with Gasteiger partial charge in [0.25, 0.3) is 0 Å². The molecule has 0 saturated carbocycles. The van der Waals surface area contributed by atoms with Gasteiger partial charge in [0.05, 0.1) is 11.4 Å². The second-order valence-corrected chi connectivity index (χ2v) is 6.10. The monoisotopic (exact) mass is 317 g/mol. The van der Waals surface area contributed by atoms with Crippen LogP contribution in [0.5, 0.6) is 0 Å². The SMILES string of the molecule is Cc1cccc(N(C=O)c2nnc(-c3snnc3C)s2)c1.